The summed E-state index contributed by atoms with van der Waals surface area (Å²) >= 11 is 0. The summed E-state index contributed by atoms with van der Waals surface area (Å²) in [7, 11) is -5.17. The molecule has 0 aliphatic heterocycles. The molecule has 0 saturated carbocycles. The third-order valence-corrected chi connectivity index (χ3v) is 0. The van der Waals surface area contributed by atoms with Crippen LogP contribution in [0.5, 0.6) is 0 Å². The predicted octanol–water partition coefficient (Wildman–Crippen LogP) is -4.71. The predicted molar refractivity (Wildman–Crippen MR) is 16.2 cm³/mol. The standard InChI is InChI=1S/Al.Cs.H2O4S/c;;1-5(2,3)4/h;;(H2,1,2,3,4)/q+3;+1;/p-2. The van der Waals surface area contributed by atoms with Crippen molar-refractivity contribution in [2.75, 3.05) is 0 Å². The second-order valence-corrected chi connectivity index (χ2v) is 1.22. The fraction of sp³-hybridized carbons (Fsp3) is 0. The summed E-state index contributed by atoms with van der Waals surface area (Å²) in [6.07, 6.45) is 0. The number of hydrogen-bond donors (Lipinski definition) is 0. The molecule has 0 aromatic rings. The van der Waals surface area contributed by atoms with Gasteiger partial charge in [0, 0.05) is 10.4 Å². The molecule has 0 amide bonds. The van der Waals surface area contributed by atoms with E-state index in [1.165, 1.54) is 0 Å². The van der Waals surface area contributed by atoms with Gasteiger partial charge in [0.05, 0.1) is 0 Å². The molecule has 0 N–H and O–H groups in total. The Labute approximate surface area is 111 Å². The van der Waals surface area contributed by atoms with Gasteiger partial charge in [-0.25, -0.2) is 0 Å². The van der Waals surface area contributed by atoms with Gasteiger partial charge < -0.3 is 9.11 Å². The zero-order valence-corrected chi connectivity index (χ0v) is 11.9. The van der Waals surface area contributed by atoms with Crippen molar-refractivity contribution in [3.8, 4) is 0 Å². The first-order valence-electron chi connectivity index (χ1n) is 0.667. The van der Waals surface area contributed by atoms with Crippen LogP contribution in [0.15, 0.2) is 0 Å². The number of rotatable bonds is 0. The normalized spacial score (nSPS) is 8.29. The van der Waals surface area contributed by atoms with Crippen LogP contribution in [0.3, 0.4) is 0 Å². The van der Waals surface area contributed by atoms with Crippen LogP contribution in [-0.4, -0.2) is 34.9 Å². The van der Waals surface area contributed by atoms with Gasteiger partial charge in [0.15, 0.2) is 0 Å². The van der Waals surface area contributed by atoms with Crippen molar-refractivity contribution in [1.82, 2.24) is 0 Å². The minimum absolute atomic E-state index is 0. The molecule has 0 aliphatic carbocycles. The van der Waals surface area contributed by atoms with E-state index in [1.54, 1.807) is 0 Å². The molecule has 0 aliphatic rings. The van der Waals surface area contributed by atoms with Crippen LogP contribution in [0.1, 0.15) is 0 Å². The molecule has 0 atom stereocenters. The average Bonchev–Trinajstić information content (AvgIpc) is 0.722. The van der Waals surface area contributed by atoms with E-state index in [4.69, 9.17) is 17.5 Å². The van der Waals surface area contributed by atoms with Gasteiger partial charge in [0.2, 0.25) is 0 Å². The summed E-state index contributed by atoms with van der Waals surface area (Å²) in [5.41, 5.74) is 0. The van der Waals surface area contributed by atoms with E-state index < -0.39 is 10.4 Å². The van der Waals surface area contributed by atoms with E-state index in [2.05, 4.69) is 0 Å². The van der Waals surface area contributed by atoms with Crippen molar-refractivity contribution in [2.24, 2.45) is 0 Å². The molecule has 7 heteroatoms. The molecule has 0 radical (unpaired) electrons. The van der Waals surface area contributed by atoms with E-state index in [1.807, 2.05) is 0 Å². The summed E-state index contributed by atoms with van der Waals surface area (Å²) in [6.45, 7) is 0. The molecule has 0 bridgehead atoms. The van der Waals surface area contributed by atoms with Crippen molar-refractivity contribution >= 4 is 27.8 Å². The maximum Gasteiger partial charge on any atom is 3.00 e. The monoisotopic (exact) mass is 256 g/mol. The molecule has 0 aromatic carbocycles. The minimum atomic E-state index is -5.17. The molecule has 7 heavy (non-hydrogen) atoms. The van der Waals surface area contributed by atoms with Crippen LogP contribution >= 0.6 is 0 Å². The third-order valence-electron chi connectivity index (χ3n) is 0. The summed E-state index contributed by atoms with van der Waals surface area (Å²) in [5, 5.41) is 0. The molecule has 4 nitrogen and oxygen atoms in total. The molecular weight excluding hydrogens is 256 g/mol. The average molecular weight is 256 g/mol. The second-order valence-electron chi connectivity index (χ2n) is 0.408. The van der Waals surface area contributed by atoms with E-state index in [9.17, 15) is 0 Å². The second kappa shape index (κ2) is 6.57. The minimum Gasteiger partial charge on any atom is -0.759 e. The van der Waals surface area contributed by atoms with Crippen LogP contribution in [0.4, 0.5) is 0 Å². The maximum atomic E-state index is 8.52. The number of hydrogen-bond acceptors (Lipinski definition) is 4. The van der Waals surface area contributed by atoms with Crippen molar-refractivity contribution in [2.45, 2.75) is 0 Å². The Morgan fingerprint density at radius 3 is 1.14 bits per heavy atom. The van der Waals surface area contributed by atoms with Gasteiger partial charge in [-0.15, -0.1) is 0 Å². The van der Waals surface area contributed by atoms with Crippen molar-refractivity contribution in [3.63, 3.8) is 0 Å². The Morgan fingerprint density at radius 2 is 1.14 bits per heavy atom. The van der Waals surface area contributed by atoms with Gasteiger partial charge in [-0.2, -0.15) is 0 Å². The Morgan fingerprint density at radius 1 is 1.14 bits per heavy atom. The van der Waals surface area contributed by atoms with Gasteiger partial charge in [-0.3, -0.25) is 8.42 Å². The van der Waals surface area contributed by atoms with Crippen molar-refractivity contribution in [3.05, 3.63) is 0 Å². The van der Waals surface area contributed by atoms with Gasteiger partial charge >= 0.3 is 86.3 Å². The van der Waals surface area contributed by atoms with Crippen LogP contribution in [0, 0.1) is 0 Å². The van der Waals surface area contributed by atoms with E-state index in [-0.39, 0.29) is 86.3 Å². The van der Waals surface area contributed by atoms with Gasteiger partial charge in [-0.05, 0) is 0 Å². The Bertz CT molecular complexity index is 94.9. The molecule has 0 spiro atoms. The first-order chi connectivity index (χ1) is 2.00. The third kappa shape index (κ3) is 58.5. The van der Waals surface area contributed by atoms with Crippen LogP contribution in [0.2, 0.25) is 0 Å². The molecule has 0 fully saturated rings. The van der Waals surface area contributed by atoms with Crippen LogP contribution < -0.4 is 68.9 Å². The van der Waals surface area contributed by atoms with Gasteiger partial charge in [0.1, 0.15) is 0 Å². The van der Waals surface area contributed by atoms with E-state index >= 15 is 0 Å². The topological polar surface area (TPSA) is 80.3 Å². The molecule has 32 valence electrons. The summed E-state index contributed by atoms with van der Waals surface area (Å²) < 4.78 is 34.1. The van der Waals surface area contributed by atoms with Crippen LogP contribution in [0.25, 0.3) is 0 Å². The SMILES string of the molecule is O=S(=O)([O-])[O-].[Al+3].[Cs+]. The Hall–Kier alpha value is 2.45. The first kappa shape index (κ1) is 16.2. The molecule has 0 saturated heterocycles. The Kier molecular flexibility index (Phi) is 15.2. The van der Waals surface area contributed by atoms with Crippen molar-refractivity contribution in [1.29, 1.82) is 0 Å². The quantitative estimate of drug-likeness (QED) is 0.248. The maximum absolute atomic E-state index is 8.52. The molecular formula is AlCsO4S+2. The summed E-state index contributed by atoms with van der Waals surface area (Å²) in [6, 6.07) is 0. The molecule has 0 heterocycles. The molecule has 0 unspecified atom stereocenters. The largest absolute Gasteiger partial charge is 3.00 e. The fourth-order valence-electron chi connectivity index (χ4n) is 0. The van der Waals surface area contributed by atoms with E-state index in [0.717, 1.165) is 0 Å². The zero-order chi connectivity index (χ0) is 4.50. The first-order valence-corrected chi connectivity index (χ1v) is 2.00. The molecule has 0 aromatic heterocycles. The van der Waals surface area contributed by atoms with Gasteiger partial charge in [0.25, 0.3) is 0 Å². The Balaban J connectivity index is -0.0000000800. The smallest absolute Gasteiger partial charge is 0.759 e. The summed E-state index contributed by atoms with van der Waals surface area (Å²) in [4.78, 5) is 0. The van der Waals surface area contributed by atoms with E-state index in [0.29, 0.717) is 0 Å². The van der Waals surface area contributed by atoms with Crippen LogP contribution in [-0.2, 0) is 10.4 Å². The summed E-state index contributed by atoms with van der Waals surface area (Å²) in [5.74, 6) is 0. The molecule has 0 rings (SSSR count). The van der Waals surface area contributed by atoms with Gasteiger partial charge in [-0.1, -0.05) is 0 Å². The zero-order valence-electron chi connectivity index (χ0n) is 3.62. The fourth-order valence-corrected chi connectivity index (χ4v) is 0. The van der Waals surface area contributed by atoms with Crippen molar-refractivity contribution < 1.29 is 86.4 Å².